The maximum Gasteiger partial charge on any atom is 0.269 e. The molecule has 38 heavy (non-hydrogen) atoms. The first kappa shape index (κ1) is 24.7. The van der Waals surface area contributed by atoms with Gasteiger partial charge in [0.1, 0.15) is 4.91 Å². The first-order chi connectivity index (χ1) is 18.6. The van der Waals surface area contributed by atoms with Crippen LogP contribution in [0.25, 0.3) is 0 Å². The molecular weight excluding hydrogens is 510 g/mol. The van der Waals surface area contributed by atoms with E-state index in [-0.39, 0.29) is 5.91 Å². The minimum absolute atomic E-state index is 0.0542. The molecule has 1 aliphatic carbocycles. The van der Waals surface area contributed by atoms with Gasteiger partial charge >= 0.3 is 0 Å². The number of nitrogens with zero attached hydrogens (tertiary/aromatic N) is 4. The fourth-order valence-electron chi connectivity index (χ4n) is 5.03. The number of para-hydroxylation sites is 1. The molecule has 190 valence electrons. The van der Waals surface area contributed by atoms with Gasteiger partial charge in [0, 0.05) is 18.0 Å². The number of hydrogen-bond donors (Lipinski definition) is 1. The van der Waals surface area contributed by atoms with Crippen LogP contribution in [0, 0.1) is 11.3 Å². The lowest BCUT2D eigenvalue weighted by Crippen LogP contribution is -2.29. The van der Waals surface area contributed by atoms with Gasteiger partial charge in [-0.05, 0) is 60.5 Å². The predicted molar refractivity (Wildman–Crippen MR) is 156 cm³/mol. The Morgan fingerprint density at radius 2 is 1.79 bits per heavy atom. The van der Waals surface area contributed by atoms with Crippen molar-refractivity contribution in [1.82, 2.24) is 4.90 Å². The molecule has 0 unspecified atom stereocenters. The topological polar surface area (TPSA) is 71.7 Å². The van der Waals surface area contributed by atoms with Gasteiger partial charge in [-0.2, -0.15) is 5.26 Å². The molecule has 3 aromatic carbocycles. The van der Waals surface area contributed by atoms with Gasteiger partial charge < -0.3 is 10.2 Å². The van der Waals surface area contributed by atoms with Gasteiger partial charge in [-0.1, -0.05) is 67.1 Å². The summed E-state index contributed by atoms with van der Waals surface area (Å²) in [6.45, 7) is 0.424. The van der Waals surface area contributed by atoms with Crippen molar-refractivity contribution in [2.75, 3.05) is 17.3 Å². The summed E-state index contributed by atoms with van der Waals surface area (Å²) in [4.78, 5) is 24.6. The van der Waals surface area contributed by atoms with Crippen LogP contribution in [0.3, 0.4) is 0 Å². The van der Waals surface area contributed by atoms with E-state index < -0.39 is 0 Å². The smallest absolute Gasteiger partial charge is 0.269 e. The molecule has 0 atom stereocenters. The lowest BCUT2D eigenvalue weighted by Gasteiger charge is -2.18. The zero-order valence-corrected chi connectivity index (χ0v) is 22.7. The second-order valence-corrected chi connectivity index (χ2v) is 11.6. The summed E-state index contributed by atoms with van der Waals surface area (Å²) >= 11 is 3.03. The van der Waals surface area contributed by atoms with E-state index in [4.69, 9.17) is 4.99 Å². The number of amides is 1. The highest BCUT2D eigenvalue weighted by Crippen LogP contribution is 2.50. The molecule has 6 rings (SSSR count). The number of hydrogen-bond acceptors (Lipinski definition) is 7. The van der Waals surface area contributed by atoms with Gasteiger partial charge in [-0.25, -0.2) is 4.99 Å². The van der Waals surface area contributed by atoms with E-state index >= 15 is 0 Å². The molecule has 0 bridgehead atoms. The summed E-state index contributed by atoms with van der Waals surface area (Å²) in [6, 6.07) is 26.4. The molecule has 3 aromatic rings. The first-order valence-electron chi connectivity index (χ1n) is 12.8. The first-order valence-corrected chi connectivity index (χ1v) is 14.4. The molecule has 1 saturated heterocycles. The zero-order valence-electron chi connectivity index (χ0n) is 21.1. The van der Waals surface area contributed by atoms with Gasteiger partial charge in [0.05, 0.1) is 40.3 Å². The van der Waals surface area contributed by atoms with Crippen LogP contribution in [-0.4, -0.2) is 29.1 Å². The number of carbonyl (C=O) groups excluding carboxylic acids is 1. The van der Waals surface area contributed by atoms with Crippen LogP contribution in [0.4, 0.5) is 17.1 Å². The minimum atomic E-state index is -0.0542. The summed E-state index contributed by atoms with van der Waals surface area (Å²) in [5, 5.41) is 14.8. The Morgan fingerprint density at radius 3 is 2.55 bits per heavy atom. The van der Waals surface area contributed by atoms with Crippen LogP contribution >= 0.6 is 23.5 Å². The number of thioether (sulfide) groups is 2. The summed E-state index contributed by atoms with van der Waals surface area (Å²) in [5.74, 6) is -0.0542. The molecule has 0 spiro atoms. The molecule has 8 heteroatoms. The Balaban J connectivity index is 1.41. The highest BCUT2D eigenvalue weighted by atomic mass is 32.2. The Morgan fingerprint density at radius 1 is 1.03 bits per heavy atom. The van der Waals surface area contributed by atoms with Crippen LogP contribution in [0.15, 0.2) is 92.6 Å². The molecule has 1 N–H and O–H groups in total. The predicted octanol–water partition coefficient (Wildman–Crippen LogP) is 7.09. The van der Waals surface area contributed by atoms with E-state index in [0.717, 1.165) is 39.7 Å². The quantitative estimate of drug-likeness (QED) is 0.351. The van der Waals surface area contributed by atoms with Crippen LogP contribution in [0.5, 0.6) is 0 Å². The number of benzene rings is 3. The number of nitrogens with one attached hydrogen (secondary N) is 1. The van der Waals surface area contributed by atoms with E-state index in [9.17, 15) is 10.1 Å². The minimum Gasteiger partial charge on any atom is -0.381 e. The van der Waals surface area contributed by atoms with E-state index in [0.29, 0.717) is 33.9 Å². The fourth-order valence-corrected chi connectivity index (χ4v) is 7.37. The Labute approximate surface area is 231 Å². The lowest BCUT2D eigenvalue weighted by atomic mass is 10.1. The largest absolute Gasteiger partial charge is 0.381 e. The Bertz CT molecular complexity index is 1490. The number of carbonyl (C=O) groups is 1. The van der Waals surface area contributed by atoms with Crippen molar-refractivity contribution in [3.05, 3.63) is 93.9 Å². The Hall–Kier alpha value is -3.67. The fraction of sp³-hybridized carbons (Fsp3) is 0.233. The molecule has 6 nitrogen and oxygen atoms in total. The molecule has 0 radical (unpaired) electrons. The average Bonchev–Trinajstić information content (AvgIpc) is 3.65. The molecule has 3 aliphatic rings. The summed E-state index contributed by atoms with van der Waals surface area (Å²) < 4.78 is 0. The van der Waals surface area contributed by atoms with Crippen molar-refractivity contribution >= 4 is 51.7 Å². The Kier molecular flexibility index (Phi) is 6.88. The number of anilines is 2. The standard InChI is InChI=1S/C30H27N5OS2/c1-34-25-13-7-8-14-26(25)37-29(34)27-28(36)35(19-20-9-3-2-4-10-20)30(38-27)33-24-17-21(18-31)15-16-23(24)32-22-11-5-6-12-22/h2-4,7-10,13-17,22,32H,5-6,11-12,19H2,1H3/b29-27-,33-30-. The van der Waals surface area contributed by atoms with Crippen molar-refractivity contribution in [2.45, 2.75) is 43.2 Å². The number of nitriles is 1. The second kappa shape index (κ2) is 10.6. The van der Waals surface area contributed by atoms with Crippen LogP contribution < -0.4 is 10.2 Å². The maximum absolute atomic E-state index is 13.9. The molecule has 2 heterocycles. The van der Waals surface area contributed by atoms with Gasteiger partial charge in [0.2, 0.25) is 0 Å². The molecule has 2 fully saturated rings. The normalized spacial score (nSPS) is 20.3. The third-order valence-corrected chi connectivity index (χ3v) is 9.47. The van der Waals surface area contributed by atoms with Crippen LogP contribution in [0.1, 0.15) is 36.8 Å². The van der Waals surface area contributed by atoms with Gasteiger partial charge in [0.15, 0.2) is 5.17 Å². The SMILES string of the molecule is CN1/C(=C2/S/C(=N\c3cc(C#N)ccc3NC3CCCC3)N(Cc3ccccc3)C2=O)Sc2ccccc21. The number of amidine groups is 1. The molecule has 1 amide bonds. The highest BCUT2D eigenvalue weighted by molar-refractivity contribution is 8.19. The van der Waals surface area contributed by atoms with E-state index in [2.05, 4.69) is 28.4 Å². The number of rotatable bonds is 5. The maximum atomic E-state index is 13.9. The monoisotopic (exact) mass is 537 g/mol. The highest BCUT2D eigenvalue weighted by Gasteiger charge is 2.39. The van der Waals surface area contributed by atoms with E-state index in [1.165, 1.54) is 24.6 Å². The summed E-state index contributed by atoms with van der Waals surface area (Å²) in [6.07, 6.45) is 4.70. The lowest BCUT2D eigenvalue weighted by molar-refractivity contribution is -0.122. The third-order valence-electron chi connectivity index (χ3n) is 7.04. The molecule has 0 aromatic heterocycles. The zero-order chi connectivity index (χ0) is 26.1. The van der Waals surface area contributed by atoms with Crippen molar-refractivity contribution < 1.29 is 4.79 Å². The van der Waals surface area contributed by atoms with Gasteiger partial charge in [-0.3, -0.25) is 9.69 Å². The molecular formula is C30H27N5OS2. The van der Waals surface area contributed by atoms with Crippen LogP contribution in [0.2, 0.25) is 0 Å². The van der Waals surface area contributed by atoms with Crippen molar-refractivity contribution in [2.24, 2.45) is 4.99 Å². The average molecular weight is 538 g/mol. The van der Waals surface area contributed by atoms with Crippen molar-refractivity contribution in [3.63, 3.8) is 0 Å². The molecule has 1 saturated carbocycles. The van der Waals surface area contributed by atoms with Crippen LogP contribution in [-0.2, 0) is 11.3 Å². The molecule has 2 aliphatic heterocycles. The summed E-state index contributed by atoms with van der Waals surface area (Å²) in [5.41, 5.74) is 4.26. The second-order valence-electron chi connectivity index (χ2n) is 9.61. The van der Waals surface area contributed by atoms with Gasteiger partial charge in [0.25, 0.3) is 5.91 Å². The van der Waals surface area contributed by atoms with E-state index in [1.807, 2.05) is 67.7 Å². The van der Waals surface area contributed by atoms with Crippen molar-refractivity contribution in [1.29, 1.82) is 5.26 Å². The van der Waals surface area contributed by atoms with E-state index in [1.54, 1.807) is 16.7 Å². The third kappa shape index (κ3) is 4.80. The van der Waals surface area contributed by atoms with Crippen molar-refractivity contribution in [3.8, 4) is 6.07 Å². The number of aliphatic imine (C=N–C) groups is 1. The summed E-state index contributed by atoms with van der Waals surface area (Å²) in [7, 11) is 2.01. The van der Waals surface area contributed by atoms with Gasteiger partial charge in [-0.15, -0.1) is 0 Å². The number of fused-ring (bicyclic) bond motifs is 1.